The second-order valence-corrected chi connectivity index (χ2v) is 5.51. The molecule has 0 atom stereocenters. The molecule has 1 nitrogen and oxygen atoms in total. The van der Waals surface area contributed by atoms with E-state index in [1.165, 1.54) is 18.9 Å². The first kappa shape index (κ1) is 11.7. The van der Waals surface area contributed by atoms with Crippen LogP contribution in [0.3, 0.4) is 0 Å². The molecular weight excluding hydrogens is 232 g/mol. The molecule has 1 heterocycles. The van der Waals surface area contributed by atoms with E-state index in [1.54, 1.807) is 0 Å². The van der Waals surface area contributed by atoms with Gasteiger partial charge in [0, 0.05) is 17.6 Å². The standard InChI is InChI=1S/C15H17F2N/c1-9-2-4-10(5-3-9)13-8-18-15-12(13)6-11(16)7-14(15)17/h6-10,18H,2-5H2,1H3. The highest BCUT2D eigenvalue weighted by Gasteiger charge is 2.23. The van der Waals surface area contributed by atoms with Crippen molar-refractivity contribution in [2.24, 2.45) is 5.92 Å². The van der Waals surface area contributed by atoms with Gasteiger partial charge in [-0.25, -0.2) is 8.78 Å². The Morgan fingerprint density at radius 3 is 2.56 bits per heavy atom. The topological polar surface area (TPSA) is 15.8 Å². The summed E-state index contributed by atoms with van der Waals surface area (Å²) in [5, 5.41) is 0.715. The van der Waals surface area contributed by atoms with E-state index in [1.807, 2.05) is 6.20 Å². The molecule has 0 spiro atoms. The van der Waals surface area contributed by atoms with Gasteiger partial charge in [-0.3, -0.25) is 0 Å². The summed E-state index contributed by atoms with van der Waals surface area (Å²) >= 11 is 0. The van der Waals surface area contributed by atoms with Crippen LogP contribution in [-0.2, 0) is 0 Å². The summed E-state index contributed by atoms with van der Waals surface area (Å²) in [7, 11) is 0. The molecule has 2 aromatic rings. The lowest BCUT2D eigenvalue weighted by atomic mass is 9.79. The second kappa shape index (κ2) is 4.38. The maximum atomic E-state index is 13.6. The van der Waals surface area contributed by atoms with E-state index in [0.29, 0.717) is 16.8 Å². The lowest BCUT2D eigenvalue weighted by Crippen LogP contribution is -2.10. The van der Waals surface area contributed by atoms with Gasteiger partial charge in [0.2, 0.25) is 0 Å². The average Bonchev–Trinajstić information content (AvgIpc) is 2.74. The summed E-state index contributed by atoms with van der Waals surface area (Å²) in [6, 6.07) is 2.38. The van der Waals surface area contributed by atoms with Gasteiger partial charge in [0.15, 0.2) is 0 Å². The SMILES string of the molecule is CC1CCC(c2c[nH]c3c(F)cc(F)cc23)CC1. The molecule has 1 saturated carbocycles. The monoisotopic (exact) mass is 249 g/mol. The number of benzene rings is 1. The van der Waals surface area contributed by atoms with E-state index < -0.39 is 11.6 Å². The lowest BCUT2D eigenvalue weighted by Gasteiger charge is -2.25. The summed E-state index contributed by atoms with van der Waals surface area (Å²) in [4.78, 5) is 2.95. The summed E-state index contributed by atoms with van der Waals surface area (Å²) in [5.74, 6) is 0.224. The van der Waals surface area contributed by atoms with Crippen LogP contribution in [0.1, 0.15) is 44.1 Å². The fourth-order valence-electron chi connectivity index (χ4n) is 3.08. The minimum Gasteiger partial charge on any atom is -0.359 e. The first-order chi connectivity index (χ1) is 8.65. The van der Waals surface area contributed by atoms with Crippen LogP contribution < -0.4 is 0 Å². The fraction of sp³-hybridized carbons (Fsp3) is 0.467. The van der Waals surface area contributed by atoms with Gasteiger partial charge in [0.25, 0.3) is 0 Å². The fourth-order valence-corrected chi connectivity index (χ4v) is 3.08. The van der Waals surface area contributed by atoms with E-state index in [9.17, 15) is 8.78 Å². The number of aromatic nitrogens is 1. The molecule has 0 radical (unpaired) electrons. The predicted molar refractivity (Wildman–Crippen MR) is 68.6 cm³/mol. The molecule has 1 N–H and O–H groups in total. The number of fused-ring (bicyclic) bond motifs is 1. The molecule has 0 bridgehead atoms. The highest BCUT2D eigenvalue weighted by molar-refractivity contribution is 5.84. The number of hydrogen-bond donors (Lipinski definition) is 1. The van der Waals surface area contributed by atoms with Crippen LogP contribution in [0.2, 0.25) is 0 Å². The molecule has 18 heavy (non-hydrogen) atoms. The molecule has 1 fully saturated rings. The van der Waals surface area contributed by atoms with Gasteiger partial charge in [-0.2, -0.15) is 0 Å². The zero-order valence-corrected chi connectivity index (χ0v) is 10.5. The third kappa shape index (κ3) is 1.92. The zero-order chi connectivity index (χ0) is 12.7. The zero-order valence-electron chi connectivity index (χ0n) is 10.5. The molecule has 1 aliphatic carbocycles. The number of H-pyrrole nitrogens is 1. The molecule has 0 aliphatic heterocycles. The molecule has 0 saturated heterocycles. The summed E-state index contributed by atoms with van der Waals surface area (Å²) in [6.45, 7) is 2.27. The Morgan fingerprint density at radius 1 is 1.11 bits per heavy atom. The van der Waals surface area contributed by atoms with Gasteiger partial charge in [0.1, 0.15) is 11.6 Å². The highest BCUT2D eigenvalue weighted by Crippen LogP contribution is 2.38. The molecule has 0 amide bonds. The van der Waals surface area contributed by atoms with Gasteiger partial charge in [-0.1, -0.05) is 19.8 Å². The van der Waals surface area contributed by atoms with Gasteiger partial charge in [-0.05, 0) is 36.3 Å². The van der Waals surface area contributed by atoms with Crippen LogP contribution in [0.15, 0.2) is 18.3 Å². The van der Waals surface area contributed by atoms with Crippen LogP contribution in [-0.4, -0.2) is 4.98 Å². The normalized spacial score (nSPS) is 24.6. The Kier molecular flexibility index (Phi) is 2.84. The predicted octanol–water partition coefficient (Wildman–Crippen LogP) is 4.74. The van der Waals surface area contributed by atoms with Gasteiger partial charge >= 0.3 is 0 Å². The number of hydrogen-bond acceptors (Lipinski definition) is 0. The van der Waals surface area contributed by atoms with Crippen molar-refractivity contribution in [3.05, 3.63) is 35.5 Å². The molecular formula is C15H17F2N. The second-order valence-electron chi connectivity index (χ2n) is 5.51. The van der Waals surface area contributed by atoms with Gasteiger partial charge < -0.3 is 4.98 Å². The summed E-state index contributed by atoms with van der Waals surface area (Å²) in [5.41, 5.74) is 1.51. The third-order valence-electron chi connectivity index (χ3n) is 4.19. The lowest BCUT2D eigenvalue weighted by molar-refractivity contribution is 0.349. The highest BCUT2D eigenvalue weighted by atomic mass is 19.1. The summed E-state index contributed by atoms with van der Waals surface area (Å²) < 4.78 is 26.9. The van der Waals surface area contributed by atoms with Crippen molar-refractivity contribution in [2.75, 3.05) is 0 Å². The average molecular weight is 249 g/mol. The minimum absolute atomic E-state index is 0.435. The Labute approximate surface area is 105 Å². The Bertz CT molecular complexity index is 565. The largest absolute Gasteiger partial charge is 0.359 e. The molecule has 3 rings (SSSR count). The van der Waals surface area contributed by atoms with Crippen LogP contribution in [0.5, 0.6) is 0 Å². The Morgan fingerprint density at radius 2 is 1.83 bits per heavy atom. The molecule has 3 heteroatoms. The van der Waals surface area contributed by atoms with E-state index in [-0.39, 0.29) is 0 Å². The van der Waals surface area contributed by atoms with E-state index in [4.69, 9.17) is 0 Å². The van der Waals surface area contributed by atoms with Crippen molar-refractivity contribution in [2.45, 2.75) is 38.5 Å². The van der Waals surface area contributed by atoms with Crippen LogP contribution in [0.4, 0.5) is 8.78 Å². The number of aromatic amines is 1. The molecule has 1 aromatic heterocycles. The first-order valence-corrected chi connectivity index (χ1v) is 6.61. The molecule has 1 aliphatic rings. The van der Waals surface area contributed by atoms with E-state index >= 15 is 0 Å². The number of nitrogens with one attached hydrogen (secondary N) is 1. The van der Waals surface area contributed by atoms with Gasteiger partial charge in [0.05, 0.1) is 5.52 Å². The first-order valence-electron chi connectivity index (χ1n) is 6.61. The third-order valence-corrected chi connectivity index (χ3v) is 4.19. The van der Waals surface area contributed by atoms with Gasteiger partial charge in [-0.15, -0.1) is 0 Å². The number of halogens is 2. The number of rotatable bonds is 1. The van der Waals surface area contributed by atoms with Crippen LogP contribution in [0.25, 0.3) is 10.9 Å². The quantitative estimate of drug-likeness (QED) is 0.751. The van der Waals surface area contributed by atoms with Crippen molar-refractivity contribution in [1.29, 1.82) is 0 Å². The molecule has 96 valence electrons. The minimum atomic E-state index is -0.500. The maximum absolute atomic E-state index is 13.6. The Hall–Kier alpha value is -1.38. The van der Waals surface area contributed by atoms with Crippen molar-refractivity contribution >= 4 is 10.9 Å². The van der Waals surface area contributed by atoms with E-state index in [2.05, 4.69) is 11.9 Å². The molecule has 1 aromatic carbocycles. The van der Waals surface area contributed by atoms with Crippen molar-refractivity contribution in [3.8, 4) is 0 Å². The van der Waals surface area contributed by atoms with Crippen LogP contribution >= 0.6 is 0 Å². The van der Waals surface area contributed by atoms with Crippen molar-refractivity contribution < 1.29 is 8.78 Å². The Balaban J connectivity index is 2.02. The van der Waals surface area contributed by atoms with Crippen molar-refractivity contribution in [1.82, 2.24) is 4.98 Å². The maximum Gasteiger partial charge on any atom is 0.150 e. The van der Waals surface area contributed by atoms with Crippen LogP contribution in [0, 0.1) is 17.6 Å². The van der Waals surface area contributed by atoms with Crippen molar-refractivity contribution in [3.63, 3.8) is 0 Å². The smallest absolute Gasteiger partial charge is 0.150 e. The molecule has 0 unspecified atom stereocenters. The summed E-state index contributed by atoms with van der Waals surface area (Å²) in [6.07, 6.45) is 6.50. The van der Waals surface area contributed by atoms with E-state index in [0.717, 1.165) is 30.4 Å².